The Balaban J connectivity index is 0. The molecule has 0 aromatic rings. The average Bonchev–Trinajstić information content (AvgIpc) is 1.61. The van der Waals surface area contributed by atoms with Crippen molar-refractivity contribution >= 4 is 22.5 Å². The molecule has 43 valence electrons. The first-order valence-corrected chi connectivity index (χ1v) is 3.16. The molecule has 0 aromatic carbocycles. The van der Waals surface area contributed by atoms with Crippen LogP contribution >= 0.6 is 22.5 Å². The van der Waals surface area contributed by atoms with Crippen LogP contribution in [0.15, 0.2) is 0 Å². The largest absolute Gasteiger partial charge is 0.179 e. The maximum atomic E-state index is 4.05. The monoisotopic (exact) mass is 135 g/mol. The molecule has 0 saturated heterocycles. The summed E-state index contributed by atoms with van der Waals surface area (Å²) in [6, 6.07) is 0. The van der Waals surface area contributed by atoms with Crippen molar-refractivity contribution in [3.05, 3.63) is 0 Å². The quantitative estimate of drug-likeness (QED) is 0.343. The summed E-state index contributed by atoms with van der Waals surface area (Å²) in [7, 11) is 0. The Hall–Kier alpha value is 0.780. The molecule has 0 spiro atoms. The highest BCUT2D eigenvalue weighted by molar-refractivity contribution is 7.80. The molecule has 2 heteroatoms. The molecular weight excluding hydrogens is 123 g/mol. The van der Waals surface area contributed by atoms with E-state index in [1.54, 1.807) is 0 Å². The molecule has 0 amide bonds. The lowest BCUT2D eigenvalue weighted by Gasteiger charge is -1.85. The SMILES string of the molecule is CCCCCS.[P]. The molecule has 0 rings (SSSR count). The van der Waals surface area contributed by atoms with Gasteiger partial charge in [-0.25, -0.2) is 0 Å². The van der Waals surface area contributed by atoms with Gasteiger partial charge in [-0.15, -0.1) is 0 Å². The highest BCUT2D eigenvalue weighted by atomic mass is 32.1. The Bertz CT molecular complexity index is 20.0. The van der Waals surface area contributed by atoms with Gasteiger partial charge in [0, 0.05) is 9.90 Å². The van der Waals surface area contributed by atoms with Crippen LogP contribution in [0.3, 0.4) is 0 Å². The summed E-state index contributed by atoms with van der Waals surface area (Å²) in [4.78, 5) is 0. The molecule has 0 aliphatic rings. The van der Waals surface area contributed by atoms with Crippen molar-refractivity contribution in [1.82, 2.24) is 0 Å². The van der Waals surface area contributed by atoms with E-state index in [0.29, 0.717) is 0 Å². The minimum Gasteiger partial charge on any atom is -0.179 e. The van der Waals surface area contributed by atoms with Gasteiger partial charge in [0.1, 0.15) is 0 Å². The van der Waals surface area contributed by atoms with Crippen molar-refractivity contribution in [3.8, 4) is 0 Å². The fourth-order valence-corrected chi connectivity index (χ4v) is 0.585. The van der Waals surface area contributed by atoms with E-state index in [1.165, 1.54) is 19.3 Å². The fraction of sp³-hybridized carbons (Fsp3) is 1.00. The molecule has 0 aliphatic heterocycles. The maximum absolute atomic E-state index is 4.05. The van der Waals surface area contributed by atoms with Crippen LogP contribution < -0.4 is 0 Å². The number of rotatable bonds is 3. The molecule has 0 nitrogen and oxygen atoms in total. The molecule has 0 aromatic heterocycles. The number of hydrogen-bond donors (Lipinski definition) is 1. The van der Waals surface area contributed by atoms with Gasteiger partial charge >= 0.3 is 0 Å². The van der Waals surface area contributed by atoms with Crippen molar-refractivity contribution in [2.45, 2.75) is 26.2 Å². The Labute approximate surface area is 55.1 Å². The minimum atomic E-state index is 0. The van der Waals surface area contributed by atoms with Gasteiger partial charge in [-0.2, -0.15) is 12.6 Å². The van der Waals surface area contributed by atoms with Crippen LogP contribution in [0.1, 0.15) is 26.2 Å². The van der Waals surface area contributed by atoms with Crippen molar-refractivity contribution in [1.29, 1.82) is 0 Å². The first-order valence-electron chi connectivity index (χ1n) is 2.52. The van der Waals surface area contributed by atoms with E-state index >= 15 is 0 Å². The summed E-state index contributed by atoms with van der Waals surface area (Å²) in [6.07, 6.45) is 3.92. The Morgan fingerprint density at radius 3 is 2.00 bits per heavy atom. The summed E-state index contributed by atoms with van der Waals surface area (Å²) < 4.78 is 0. The average molecular weight is 135 g/mol. The van der Waals surface area contributed by atoms with E-state index < -0.39 is 0 Å². The van der Waals surface area contributed by atoms with E-state index in [1.807, 2.05) is 0 Å². The van der Waals surface area contributed by atoms with Crippen LogP contribution in [0.2, 0.25) is 0 Å². The molecule has 0 heterocycles. The third-order valence-corrected chi connectivity index (χ3v) is 1.08. The highest BCUT2D eigenvalue weighted by Gasteiger charge is 1.75. The van der Waals surface area contributed by atoms with Gasteiger partial charge in [-0.3, -0.25) is 0 Å². The van der Waals surface area contributed by atoms with Gasteiger partial charge in [0.05, 0.1) is 0 Å². The second-order valence-electron chi connectivity index (χ2n) is 1.43. The smallest absolute Gasteiger partial charge is 0 e. The van der Waals surface area contributed by atoms with Gasteiger partial charge in [0.2, 0.25) is 0 Å². The molecule has 0 bridgehead atoms. The Morgan fingerprint density at radius 2 is 1.86 bits per heavy atom. The van der Waals surface area contributed by atoms with E-state index in [0.717, 1.165) is 5.75 Å². The zero-order valence-electron chi connectivity index (χ0n) is 4.72. The van der Waals surface area contributed by atoms with E-state index in [2.05, 4.69) is 19.6 Å². The zero-order chi connectivity index (χ0) is 4.83. The van der Waals surface area contributed by atoms with Gasteiger partial charge in [-0.05, 0) is 12.2 Å². The standard InChI is InChI=1S/C5H12S.P/c1-2-3-4-5-6;/h6H,2-5H2,1H3;. The first kappa shape index (κ1) is 10.7. The van der Waals surface area contributed by atoms with E-state index in [4.69, 9.17) is 0 Å². The normalized spacial score (nSPS) is 7.71. The van der Waals surface area contributed by atoms with E-state index in [9.17, 15) is 0 Å². The zero-order valence-corrected chi connectivity index (χ0v) is 6.51. The molecule has 0 atom stereocenters. The predicted octanol–water partition coefficient (Wildman–Crippen LogP) is 2.97. The molecule has 0 N–H and O–H groups in total. The van der Waals surface area contributed by atoms with Gasteiger partial charge < -0.3 is 0 Å². The summed E-state index contributed by atoms with van der Waals surface area (Å²) >= 11 is 4.05. The van der Waals surface area contributed by atoms with Crippen LogP contribution in [0.4, 0.5) is 0 Å². The van der Waals surface area contributed by atoms with Gasteiger partial charge in [0.25, 0.3) is 0 Å². The lowest BCUT2D eigenvalue weighted by atomic mass is 10.3. The van der Waals surface area contributed by atoms with Gasteiger partial charge in [-0.1, -0.05) is 19.8 Å². The summed E-state index contributed by atoms with van der Waals surface area (Å²) in [6.45, 7) is 2.20. The fourth-order valence-electron chi connectivity index (χ4n) is 0.362. The predicted molar refractivity (Wildman–Crippen MR) is 40.3 cm³/mol. The number of thiol groups is 1. The Kier molecular flexibility index (Phi) is 15.2. The summed E-state index contributed by atoms with van der Waals surface area (Å²) in [5.74, 6) is 1.05. The van der Waals surface area contributed by atoms with Crippen molar-refractivity contribution in [3.63, 3.8) is 0 Å². The third-order valence-electron chi connectivity index (χ3n) is 0.762. The van der Waals surface area contributed by atoms with Crippen LogP contribution in [-0.4, -0.2) is 5.75 Å². The Morgan fingerprint density at radius 1 is 1.29 bits per heavy atom. The van der Waals surface area contributed by atoms with Crippen molar-refractivity contribution in [2.24, 2.45) is 0 Å². The molecule has 0 saturated carbocycles. The number of unbranched alkanes of at least 4 members (excludes halogenated alkanes) is 2. The number of hydrogen-bond acceptors (Lipinski definition) is 1. The van der Waals surface area contributed by atoms with Crippen LogP contribution in [0, 0.1) is 0 Å². The lowest BCUT2D eigenvalue weighted by molar-refractivity contribution is 0.780. The van der Waals surface area contributed by atoms with Crippen molar-refractivity contribution in [2.75, 3.05) is 5.75 Å². The maximum Gasteiger partial charge on any atom is 0 e. The van der Waals surface area contributed by atoms with Crippen LogP contribution in [0.25, 0.3) is 0 Å². The molecule has 0 aliphatic carbocycles. The van der Waals surface area contributed by atoms with Gasteiger partial charge in [0.15, 0.2) is 0 Å². The summed E-state index contributed by atoms with van der Waals surface area (Å²) in [5.41, 5.74) is 0. The third kappa shape index (κ3) is 10.8. The molecular formula is C5H12PS. The van der Waals surface area contributed by atoms with Crippen LogP contribution in [0.5, 0.6) is 0 Å². The summed E-state index contributed by atoms with van der Waals surface area (Å²) in [5, 5.41) is 0. The molecule has 0 fully saturated rings. The van der Waals surface area contributed by atoms with Crippen LogP contribution in [-0.2, 0) is 0 Å². The van der Waals surface area contributed by atoms with E-state index in [-0.39, 0.29) is 9.90 Å². The lowest BCUT2D eigenvalue weighted by Crippen LogP contribution is -1.70. The second-order valence-corrected chi connectivity index (χ2v) is 1.88. The first-order chi connectivity index (χ1) is 2.91. The topological polar surface area (TPSA) is 0 Å². The molecule has 7 heavy (non-hydrogen) atoms. The minimum absolute atomic E-state index is 0. The highest BCUT2D eigenvalue weighted by Crippen LogP contribution is 1.93. The molecule has 0 unspecified atom stereocenters. The van der Waals surface area contributed by atoms with Crippen molar-refractivity contribution < 1.29 is 0 Å². The second kappa shape index (κ2) is 9.91. The molecule has 3 radical (unpaired) electrons.